The van der Waals surface area contributed by atoms with Crippen LogP contribution in [0.5, 0.6) is 0 Å². The summed E-state index contributed by atoms with van der Waals surface area (Å²) in [5, 5.41) is 39.7. The quantitative estimate of drug-likeness (QED) is 0.337. The summed E-state index contributed by atoms with van der Waals surface area (Å²) in [6.45, 7) is -0.528. The number of amides is 1. The number of aliphatic hydroxyl groups is 4. The highest BCUT2D eigenvalue weighted by Gasteiger charge is 2.44. The van der Waals surface area contributed by atoms with E-state index in [-0.39, 0.29) is 6.16 Å². The van der Waals surface area contributed by atoms with Crippen LogP contribution in [0.15, 0.2) is 0 Å². The number of carbonyl (C=O) groups excluding carboxylic acids is 1. The van der Waals surface area contributed by atoms with Crippen molar-refractivity contribution in [1.29, 1.82) is 0 Å². The molecule has 0 aromatic heterocycles. The molecule has 5 N–H and O–H groups in total. The molecular formula is C8H16NO6P. The Kier molecular flexibility index (Phi) is 5.04. The number of hydrogen-bond donors (Lipinski definition) is 5. The highest BCUT2D eigenvalue weighted by molar-refractivity contribution is 7.18. The van der Waals surface area contributed by atoms with E-state index in [0.717, 1.165) is 0 Å². The monoisotopic (exact) mass is 253 g/mol. The Labute approximate surface area is 94.6 Å². The summed E-state index contributed by atoms with van der Waals surface area (Å²) in [6.07, 6.45) is -5.16. The summed E-state index contributed by atoms with van der Waals surface area (Å²) in [7, 11) is 2.19. The van der Waals surface area contributed by atoms with Crippen LogP contribution in [0, 0.1) is 0 Å². The number of aliphatic hydroxyl groups excluding tert-OH is 4. The third kappa shape index (κ3) is 2.88. The van der Waals surface area contributed by atoms with Crippen molar-refractivity contribution in [1.82, 2.24) is 5.32 Å². The SMILES string of the molecule is O=C(CP)NC1C(O)OC(CO)[C@@H](O)[C@@H]1O. The molecule has 0 bridgehead atoms. The molecule has 8 heteroatoms. The van der Waals surface area contributed by atoms with E-state index < -0.39 is 43.2 Å². The minimum absolute atomic E-state index is 0.107. The Balaban J connectivity index is 2.67. The molecule has 4 unspecified atom stereocenters. The van der Waals surface area contributed by atoms with Gasteiger partial charge in [0.15, 0.2) is 6.29 Å². The second-order valence-electron chi connectivity index (χ2n) is 3.53. The van der Waals surface area contributed by atoms with Gasteiger partial charge >= 0.3 is 0 Å². The molecule has 1 rings (SSSR count). The first-order valence-electron chi connectivity index (χ1n) is 4.81. The van der Waals surface area contributed by atoms with Crippen LogP contribution >= 0.6 is 9.24 Å². The molecule has 94 valence electrons. The molecule has 0 aliphatic carbocycles. The van der Waals surface area contributed by atoms with E-state index in [4.69, 9.17) is 9.84 Å². The minimum Gasteiger partial charge on any atom is -0.394 e. The lowest BCUT2D eigenvalue weighted by Crippen LogP contribution is -2.64. The predicted molar refractivity (Wildman–Crippen MR) is 56.5 cm³/mol. The van der Waals surface area contributed by atoms with Gasteiger partial charge in [-0.15, -0.1) is 9.24 Å². The molecule has 1 heterocycles. The summed E-state index contributed by atoms with van der Waals surface area (Å²) in [4.78, 5) is 11.1. The van der Waals surface area contributed by atoms with Crippen LogP contribution in [-0.4, -0.2) is 69.7 Å². The van der Waals surface area contributed by atoms with Gasteiger partial charge in [-0.25, -0.2) is 0 Å². The Morgan fingerprint density at radius 3 is 2.44 bits per heavy atom. The third-order valence-electron chi connectivity index (χ3n) is 2.41. The normalized spacial score (nSPS) is 39.4. The zero-order valence-electron chi connectivity index (χ0n) is 8.48. The maximum atomic E-state index is 11.1. The van der Waals surface area contributed by atoms with Crippen LogP contribution in [0.3, 0.4) is 0 Å². The van der Waals surface area contributed by atoms with E-state index in [9.17, 15) is 20.1 Å². The lowest BCUT2D eigenvalue weighted by Gasteiger charge is -2.40. The summed E-state index contributed by atoms with van der Waals surface area (Å²) in [6, 6.07) is -1.11. The van der Waals surface area contributed by atoms with E-state index in [1.54, 1.807) is 0 Å². The molecule has 1 saturated heterocycles. The topological polar surface area (TPSA) is 119 Å². The van der Waals surface area contributed by atoms with Gasteiger partial charge in [0.2, 0.25) is 5.91 Å². The van der Waals surface area contributed by atoms with Crippen molar-refractivity contribution >= 4 is 15.1 Å². The molecule has 0 radical (unpaired) electrons. The van der Waals surface area contributed by atoms with Gasteiger partial charge < -0.3 is 30.5 Å². The zero-order valence-corrected chi connectivity index (χ0v) is 9.64. The van der Waals surface area contributed by atoms with Crippen LogP contribution in [0.4, 0.5) is 0 Å². The van der Waals surface area contributed by atoms with E-state index in [1.807, 2.05) is 0 Å². The molecule has 6 atom stereocenters. The summed E-state index contributed by atoms with van der Waals surface area (Å²) in [5.41, 5.74) is 0. The highest BCUT2D eigenvalue weighted by atomic mass is 31.0. The smallest absolute Gasteiger partial charge is 0.224 e. The molecule has 0 spiro atoms. The predicted octanol–water partition coefficient (Wildman–Crippen LogP) is -3.22. The molecule has 0 aromatic rings. The van der Waals surface area contributed by atoms with Crippen LogP contribution in [0.25, 0.3) is 0 Å². The Morgan fingerprint density at radius 2 is 1.94 bits per heavy atom. The van der Waals surface area contributed by atoms with Crippen molar-refractivity contribution in [2.75, 3.05) is 12.8 Å². The van der Waals surface area contributed by atoms with Crippen molar-refractivity contribution in [3.05, 3.63) is 0 Å². The minimum atomic E-state index is -1.46. The Bertz CT molecular complexity index is 253. The van der Waals surface area contributed by atoms with Crippen molar-refractivity contribution in [2.45, 2.75) is 30.6 Å². The van der Waals surface area contributed by atoms with Gasteiger partial charge in [0.25, 0.3) is 0 Å². The zero-order chi connectivity index (χ0) is 12.3. The lowest BCUT2D eigenvalue weighted by molar-refractivity contribution is -0.253. The molecule has 1 aliphatic rings. The fourth-order valence-corrected chi connectivity index (χ4v) is 1.62. The highest BCUT2D eigenvalue weighted by Crippen LogP contribution is 2.19. The lowest BCUT2D eigenvalue weighted by atomic mass is 9.97. The first kappa shape index (κ1) is 13.8. The largest absolute Gasteiger partial charge is 0.394 e. The van der Waals surface area contributed by atoms with Crippen molar-refractivity contribution in [3.8, 4) is 0 Å². The van der Waals surface area contributed by atoms with Crippen molar-refractivity contribution in [3.63, 3.8) is 0 Å². The molecule has 7 nitrogen and oxygen atoms in total. The van der Waals surface area contributed by atoms with Gasteiger partial charge in [0, 0.05) is 6.16 Å². The van der Waals surface area contributed by atoms with E-state index in [0.29, 0.717) is 0 Å². The van der Waals surface area contributed by atoms with Gasteiger partial charge in [-0.2, -0.15) is 0 Å². The maximum Gasteiger partial charge on any atom is 0.224 e. The second-order valence-corrected chi connectivity index (χ2v) is 3.93. The number of carbonyl (C=O) groups is 1. The van der Waals surface area contributed by atoms with Gasteiger partial charge in [-0.3, -0.25) is 4.79 Å². The summed E-state index contributed by atoms with van der Waals surface area (Å²) < 4.78 is 4.85. The summed E-state index contributed by atoms with van der Waals surface area (Å²) in [5.74, 6) is -0.411. The van der Waals surface area contributed by atoms with Crippen LogP contribution in [0.2, 0.25) is 0 Å². The molecule has 0 aromatic carbocycles. The van der Waals surface area contributed by atoms with E-state index in [1.165, 1.54) is 0 Å². The first-order chi connectivity index (χ1) is 7.51. The molecule has 1 aliphatic heterocycles. The molecule has 0 saturated carbocycles. The van der Waals surface area contributed by atoms with Crippen LogP contribution in [0.1, 0.15) is 0 Å². The number of nitrogens with one attached hydrogen (secondary N) is 1. The van der Waals surface area contributed by atoms with Gasteiger partial charge in [0.1, 0.15) is 24.4 Å². The second kappa shape index (κ2) is 5.86. The van der Waals surface area contributed by atoms with Gasteiger partial charge in [-0.05, 0) is 0 Å². The molecular weight excluding hydrogens is 237 g/mol. The van der Waals surface area contributed by atoms with E-state index >= 15 is 0 Å². The Hall–Kier alpha value is -0.300. The Morgan fingerprint density at radius 1 is 1.31 bits per heavy atom. The fraction of sp³-hybridized carbons (Fsp3) is 0.875. The van der Waals surface area contributed by atoms with Crippen LogP contribution < -0.4 is 5.32 Å². The van der Waals surface area contributed by atoms with E-state index in [2.05, 4.69) is 14.6 Å². The van der Waals surface area contributed by atoms with Gasteiger partial charge in [-0.1, -0.05) is 0 Å². The number of rotatable bonds is 3. The number of hydrogen-bond acceptors (Lipinski definition) is 6. The van der Waals surface area contributed by atoms with Gasteiger partial charge in [0.05, 0.1) is 6.61 Å². The standard InChI is InChI=1S/C8H16NO6P/c10-1-3-6(12)7(13)5(8(14)15-3)9-4(11)2-16/h3,5-8,10,12-14H,1-2,16H2,(H,9,11)/t3?,5?,6-,7-,8?/m1/s1. The average Bonchev–Trinajstić information content (AvgIpc) is 2.28. The summed E-state index contributed by atoms with van der Waals surface area (Å²) >= 11 is 0. The third-order valence-corrected chi connectivity index (χ3v) is 2.78. The number of ether oxygens (including phenoxy) is 1. The van der Waals surface area contributed by atoms with Crippen molar-refractivity contribution < 1.29 is 30.0 Å². The van der Waals surface area contributed by atoms with Crippen LogP contribution in [-0.2, 0) is 9.53 Å². The van der Waals surface area contributed by atoms with Crippen molar-refractivity contribution in [2.24, 2.45) is 0 Å². The first-order valence-corrected chi connectivity index (χ1v) is 5.62. The maximum absolute atomic E-state index is 11.1. The molecule has 16 heavy (non-hydrogen) atoms. The molecule has 1 fully saturated rings. The fourth-order valence-electron chi connectivity index (χ4n) is 1.50. The average molecular weight is 253 g/mol. The molecule has 1 amide bonds.